The molecule has 0 aliphatic rings. The molecule has 35 heavy (non-hydrogen) atoms. The smallest absolute Gasteiger partial charge is 0.243 e. The number of halogens is 3. The first-order chi connectivity index (χ1) is 16.9. The van der Waals surface area contributed by atoms with Crippen LogP contribution in [0, 0.1) is 0 Å². The van der Waals surface area contributed by atoms with Crippen LogP contribution in [-0.4, -0.2) is 35.1 Å². The molecule has 1 N–H and O–H groups in total. The number of amides is 2. The van der Waals surface area contributed by atoms with Crippen LogP contribution in [0.1, 0.15) is 23.6 Å². The lowest BCUT2D eigenvalue weighted by Crippen LogP contribution is -2.51. The molecule has 0 saturated carbocycles. The Morgan fingerprint density at radius 2 is 1.71 bits per heavy atom. The number of carbonyl (C=O) groups excluding carboxylic acids is 2. The molecule has 3 aromatic rings. The Hall–Kier alpha value is -1.99. The molecule has 0 bridgehead atoms. The predicted molar refractivity (Wildman–Crippen MR) is 150 cm³/mol. The fourth-order valence-electron chi connectivity index (χ4n) is 3.60. The minimum absolute atomic E-state index is 0.102. The van der Waals surface area contributed by atoms with Gasteiger partial charge in [-0.3, -0.25) is 9.59 Å². The molecule has 3 rings (SSSR count). The zero-order valence-corrected chi connectivity index (χ0v) is 23.3. The van der Waals surface area contributed by atoms with Gasteiger partial charge in [-0.1, -0.05) is 87.7 Å². The Labute approximate surface area is 229 Å². The second-order valence-electron chi connectivity index (χ2n) is 7.98. The van der Waals surface area contributed by atoms with Gasteiger partial charge in [0.2, 0.25) is 11.8 Å². The van der Waals surface area contributed by atoms with Crippen LogP contribution in [0.4, 0.5) is 0 Å². The number of hydrogen-bond acceptors (Lipinski definition) is 3. The lowest BCUT2D eigenvalue weighted by atomic mass is 10.0. The van der Waals surface area contributed by atoms with Crippen LogP contribution in [0.5, 0.6) is 0 Å². The number of hydrogen-bond donors (Lipinski definition) is 1. The molecule has 0 saturated heterocycles. The Morgan fingerprint density at radius 1 is 1.00 bits per heavy atom. The first-order valence-electron chi connectivity index (χ1n) is 11.2. The maximum absolute atomic E-state index is 13.5. The molecule has 4 nitrogen and oxygen atoms in total. The monoisotopic (exact) mass is 592 g/mol. The summed E-state index contributed by atoms with van der Waals surface area (Å²) in [4.78, 5) is 28.4. The van der Waals surface area contributed by atoms with Crippen LogP contribution in [0.15, 0.2) is 77.3 Å². The number of likely N-dealkylation sites (N-methyl/N-ethyl adjacent to an activating group) is 1. The van der Waals surface area contributed by atoms with Gasteiger partial charge in [0.25, 0.3) is 0 Å². The topological polar surface area (TPSA) is 49.4 Å². The van der Waals surface area contributed by atoms with Gasteiger partial charge in [-0.25, -0.2) is 0 Å². The molecule has 0 aliphatic carbocycles. The van der Waals surface area contributed by atoms with Gasteiger partial charge in [-0.15, -0.1) is 11.8 Å². The van der Waals surface area contributed by atoms with Crippen molar-refractivity contribution in [3.05, 3.63) is 104 Å². The maximum atomic E-state index is 13.5. The van der Waals surface area contributed by atoms with E-state index in [-0.39, 0.29) is 17.6 Å². The van der Waals surface area contributed by atoms with Gasteiger partial charge in [-0.05, 0) is 47.9 Å². The molecular weight excluding hydrogens is 567 g/mol. The maximum Gasteiger partial charge on any atom is 0.243 e. The number of nitrogens with zero attached hydrogens (tertiary/aromatic N) is 1. The number of carbonyl (C=O) groups is 2. The lowest BCUT2D eigenvalue weighted by molar-refractivity contribution is -0.139. The first kappa shape index (κ1) is 27.6. The van der Waals surface area contributed by atoms with Gasteiger partial charge >= 0.3 is 0 Å². The fraction of sp³-hybridized carbons (Fsp3) is 0.259. The highest BCUT2D eigenvalue weighted by atomic mass is 79.9. The summed E-state index contributed by atoms with van der Waals surface area (Å²) < 4.78 is 0.957. The molecule has 8 heteroatoms. The second-order valence-corrected chi connectivity index (χ2v) is 10.7. The summed E-state index contributed by atoms with van der Waals surface area (Å²) in [6, 6.07) is 22.3. The summed E-state index contributed by atoms with van der Waals surface area (Å²) in [6.45, 7) is 2.71. The Balaban J connectivity index is 1.82. The van der Waals surface area contributed by atoms with E-state index in [0.29, 0.717) is 35.3 Å². The average Bonchev–Trinajstić information content (AvgIpc) is 2.84. The third kappa shape index (κ3) is 8.57. The molecule has 1 unspecified atom stereocenters. The third-order valence-corrected chi connectivity index (χ3v) is 7.47. The summed E-state index contributed by atoms with van der Waals surface area (Å²) in [6.07, 6.45) is 0.433. The van der Waals surface area contributed by atoms with Crippen LogP contribution in [0.25, 0.3) is 0 Å². The van der Waals surface area contributed by atoms with Crippen molar-refractivity contribution >= 4 is 62.7 Å². The van der Waals surface area contributed by atoms with Crippen LogP contribution >= 0.6 is 50.9 Å². The third-order valence-electron chi connectivity index (χ3n) is 5.39. The second kappa shape index (κ2) is 13.9. The van der Waals surface area contributed by atoms with Gasteiger partial charge in [0.05, 0.1) is 5.75 Å². The highest BCUT2D eigenvalue weighted by Gasteiger charge is 2.30. The SMILES string of the molecule is CCNC(=O)C(Cc1ccccc1)N(Cc1ccc(Br)cc1)C(=O)CSCc1ccc(Cl)cc1Cl. The standard InChI is InChI=1S/C27H27BrCl2N2O2S/c1-2-31-27(34)25(14-19-6-4-3-5-7-19)32(16-20-8-11-22(28)12-9-20)26(33)18-35-17-21-10-13-23(29)15-24(21)30/h3-13,15,25H,2,14,16-18H2,1H3,(H,31,34). The number of rotatable bonds is 11. The zero-order valence-electron chi connectivity index (χ0n) is 19.3. The summed E-state index contributed by atoms with van der Waals surface area (Å²) in [5.41, 5.74) is 2.87. The van der Waals surface area contributed by atoms with Crippen LogP contribution < -0.4 is 5.32 Å². The number of benzene rings is 3. The van der Waals surface area contributed by atoms with E-state index in [1.54, 1.807) is 17.0 Å². The number of nitrogens with one attached hydrogen (secondary N) is 1. The largest absolute Gasteiger partial charge is 0.355 e. The highest BCUT2D eigenvalue weighted by Crippen LogP contribution is 2.25. The number of thioether (sulfide) groups is 1. The van der Waals surface area contributed by atoms with E-state index in [4.69, 9.17) is 23.2 Å². The van der Waals surface area contributed by atoms with E-state index in [9.17, 15) is 9.59 Å². The van der Waals surface area contributed by atoms with E-state index in [1.807, 2.05) is 67.6 Å². The molecular formula is C27H27BrCl2N2O2S. The predicted octanol–water partition coefficient (Wildman–Crippen LogP) is 6.77. The molecule has 2 amide bonds. The van der Waals surface area contributed by atoms with Crippen molar-refractivity contribution in [1.82, 2.24) is 10.2 Å². The molecule has 184 valence electrons. The Kier molecular flexibility index (Phi) is 11.0. The molecule has 1 atom stereocenters. The normalized spacial score (nSPS) is 11.7. The summed E-state index contributed by atoms with van der Waals surface area (Å²) in [5, 5.41) is 4.07. The minimum Gasteiger partial charge on any atom is -0.355 e. The Morgan fingerprint density at radius 3 is 2.37 bits per heavy atom. The van der Waals surface area contributed by atoms with Gasteiger partial charge < -0.3 is 10.2 Å². The summed E-state index contributed by atoms with van der Waals surface area (Å²) in [5.74, 6) is 0.529. The van der Waals surface area contributed by atoms with Crippen LogP contribution in [0.2, 0.25) is 10.0 Å². The van der Waals surface area contributed by atoms with Gasteiger partial charge in [-0.2, -0.15) is 0 Å². The lowest BCUT2D eigenvalue weighted by Gasteiger charge is -2.31. The van der Waals surface area contributed by atoms with E-state index >= 15 is 0 Å². The average molecular weight is 594 g/mol. The zero-order chi connectivity index (χ0) is 25.2. The molecule has 0 aliphatic heterocycles. The van der Waals surface area contributed by atoms with Crippen molar-refractivity contribution < 1.29 is 9.59 Å². The van der Waals surface area contributed by atoms with Crippen molar-refractivity contribution in [3.8, 4) is 0 Å². The van der Waals surface area contributed by atoms with Gasteiger partial charge in [0.1, 0.15) is 6.04 Å². The highest BCUT2D eigenvalue weighted by molar-refractivity contribution is 9.10. The quantitative estimate of drug-likeness (QED) is 0.267. The molecule has 0 spiro atoms. The van der Waals surface area contributed by atoms with E-state index in [1.165, 1.54) is 11.8 Å². The van der Waals surface area contributed by atoms with Crippen LogP contribution in [0.3, 0.4) is 0 Å². The molecule has 0 aromatic heterocycles. The molecule has 3 aromatic carbocycles. The van der Waals surface area contributed by atoms with Crippen molar-refractivity contribution in [2.24, 2.45) is 0 Å². The molecule has 0 heterocycles. The van der Waals surface area contributed by atoms with Gasteiger partial charge in [0, 0.05) is 39.8 Å². The fourth-order valence-corrected chi connectivity index (χ4v) is 5.34. The molecule has 0 radical (unpaired) electrons. The Bertz CT molecular complexity index is 1130. The summed E-state index contributed by atoms with van der Waals surface area (Å²) >= 11 is 17.2. The van der Waals surface area contributed by atoms with Crippen LogP contribution in [-0.2, 0) is 28.3 Å². The van der Waals surface area contributed by atoms with E-state index < -0.39 is 6.04 Å². The van der Waals surface area contributed by atoms with Gasteiger partial charge in [0.15, 0.2) is 0 Å². The van der Waals surface area contributed by atoms with E-state index in [2.05, 4.69) is 21.2 Å². The van der Waals surface area contributed by atoms with Crippen molar-refractivity contribution in [2.75, 3.05) is 12.3 Å². The first-order valence-corrected chi connectivity index (χ1v) is 13.9. The van der Waals surface area contributed by atoms with Crippen molar-refractivity contribution in [1.29, 1.82) is 0 Å². The minimum atomic E-state index is -0.631. The van der Waals surface area contributed by atoms with E-state index in [0.717, 1.165) is 21.2 Å². The van der Waals surface area contributed by atoms with Crippen molar-refractivity contribution in [2.45, 2.75) is 31.7 Å². The summed E-state index contributed by atoms with van der Waals surface area (Å²) in [7, 11) is 0. The van der Waals surface area contributed by atoms with Crippen molar-refractivity contribution in [3.63, 3.8) is 0 Å². The molecule has 0 fully saturated rings.